The van der Waals surface area contributed by atoms with Gasteiger partial charge in [0.15, 0.2) is 11.5 Å². The van der Waals surface area contributed by atoms with Gasteiger partial charge in [-0.3, -0.25) is 0 Å². The van der Waals surface area contributed by atoms with Crippen molar-refractivity contribution in [1.82, 2.24) is 5.32 Å². The number of methoxy groups -OCH3 is 3. The van der Waals surface area contributed by atoms with Crippen LogP contribution in [0.1, 0.15) is 35.1 Å². The number of hydrogen-bond acceptors (Lipinski definition) is 4. The highest BCUT2D eigenvalue weighted by atomic mass is 16.5. The van der Waals surface area contributed by atoms with Crippen LogP contribution in [0.3, 0.4) is 0 Å². The average molecular weight is 355 g/mol. The Balaban J connectivity index is 1.62. The van der Waals surface area contributed by atoms with Crippen LogP contribution in [-0.4, -0.2) is 27.9 Å². The van der Waals surface area contributed by atoms with Gasteiger partial charge in [-0.25, -0.2) is 0 Å². The van der Waals surface area contributed by atoms with Crippen LogP contribution in [0, 0.1) is 0 Å². The molecule has 0 aromatic heterocycles. The number of nitrogens with one attached hydrogen (secondary N) is 1. The summed E-state index contributed by atoms with van der Waals surface area (Å²) < 4.78 is 16.3. The van der Waals surface area contributed by atoms with Crippen LogP contribution in [-0.2, 0) is 25.8 Å². The fourth-order valence-corrected chi connectivity index (χ4v) is 3.76. The highest BCUT2D eigenvalue weighted by molar-refractivity contribution is 5.50. The van der Waals surface area contributed by atoms with Crippen molar-refractivity contribution < 1.29 is 14.2 Å². The lowest BCUT2D eigenvalue weighted by Gasteiger charge is -2.19. The van der Waals surface area contributed by atoms with Gasteiger partial charge in [-0.1, -0.05) is 18.2 Å². The highest BCUT2D eigenvalue weighted by Crippen LogP contribution is 2.34. The maximum Gasteiger partial charge on any atom is 0.164 e. The van der Waals surface area contributed by atoms with Crippen LogP contribution >= 0.6 is 0 Å². The minimum absolute atomic E-state index is 0.692. The zero-order chi connectivity index (χ0) is 18.4. The number of rotatable bonds is 8. The highest BCUT2D eigenvalue weighted by Gasteiger charge is 2.13. The third-order valence-electron chi connectivity index (χ3n) is 5.17. The van der Waals surface area contributed by atoms with E-state index in [-0.39, 0.29) is 0 Å². The van der Waals surface area contributed by atoms with Gasteiger partial charge in [0.1, 0.15) is 5.75 Å². The van der Waals surface area contributed by atoms with Gasteiger partial charge in [-0.15, -0.1) is 0 Å². The number of benzene rings is 2. The van der Waals surface area contributed by atoms with Crippen LogP contribution in [0.25, 0.3) is 0 Å². The first kappa shape index (κ1) is 18.6. The largest absolute Gasteiger partial charge is 0.496 e. The quantitative estimate of drug-likeness (QED) is 0.729. The number of aryl methyl sites for hydroxylation is 1. The van der Waals surface area contributed by atoms with Crippen LogP contribution in [0.15, 0.2) is 30.3 Å². The SMILES string of the molecule is COc1cc(OC)c(OC)cc1CCNCc1cccc2c1CCCC2. The minimum atomic E-state index is 0.692. The predicted octanol–water partition coefficient (Wildman–Crippen LogP) is 3.92. The smallest absolute Gasteiger partial charge is 0.164 e. The molecule has 0 heterocycles. The number of fused-ring (bicyclic) bond motifs is 1. The molecule has 2 aromatic rings. The summed E-state index contributed by atoms with van der Waals surface area (Å²) in [6.45, 7) is 1.80. The molecule has 0 amide bonds. The van der Waals surface area contributed by atoms with Crippen molar-refractivity contribution in [2.75, 3.05) is 27.9 Å². The molecule has 1 N–H and O–H groups in total. The third kappa shape index (κ3) is 4.13. The van der Waals surface area contributed by atoms with Gasteiger partial charge < -0.3 is 19.5 Å². The molecular weight excluding hydrogens is 326 g/mol. The average Bonchev–Trinajstić information content (AvgIpc) is 2.70. The van der Waals surface area contributed by atoms with Crippen LogP contribution < -0.4 is 19.5 Å². The number of hydrogen-bond donors (Lipinski definition) is 1. The van der Waals surface area contributed by atoms with E-state index in [2.05, 4.69) is 23.5 Å². The van der Waals surface area contributed by atoms with E-state index in [1.54, 1.807) is 26.9 Å². The first-order chi connectivity index (χ1) is 12.8. The lowest BCUT2D eigenvalue weighted by Crippen LogP contribution is -2.19. The summed E-state index contributed by atoms with van der Waals surface area (Å²) in [7, 11) is 4.98. The summed E-state index contributed by atoms with van der Waals surface area (Å²) in [6.07, 6.45) is 5.96. The van der Waals surface area contributed by atoms with E-state index >= 15 is 0 Å². The van der Waals surface area contributed by atoms with E-state index < -0.39 is 0 Å². The first-order valence-electron chi connectivity index (χ1n) is 9.36. The van der Waals surface area contributed by atoms with E-state index in [0.717, 1.165) is 36.6 Å². The molecule has 0 atom stereocenters. The maximum absolute atomic E-state index is 5.51. The topological polar surface area (TPSA) is 39.7 Å². The van der Waals surface area contributed by atoms with Gasteiger partial charge in [-0.05, 0) is 67.0 Å². The molecule has 3 rings (SSSR count). The molecule has 0 aliphatic heterocycles. The molecule has 2 aromatic carbocycles. The van der Waals surface area contributed by atoms with Gasteiger partial charge in [0.25, 0.3) is 0 Å². The van der Waals surface area contributed by atoms with Gasteiger partial charge in [0.2, 0.25) is 0 Å². The van der Waals surface area contributed by atoms with Crippen molar-refractivity contribution in [2.24, 2.45) is 0 Å². The van der Waals surface area contributed by atoms with Crippen molar-refractivity contribution in [2.45, 2.75) is 38.6 Å². The number of ether oxygens (including phenoxy) is 3. The zero-order valence-corrected chi connectivity index (χ0v) is 16.1. The maximum atomic E-state index is 5.51. The fourth-order valence-electron chi connectivity index (χ4n) is 3.76. The fraction of sp³-hybridized carbons (Fsp3) is 0.455. The third-order valence-corrected chi connectivity index (χ3v) is 5.17. The monoisotopic (exact) mass is 355 g/mol. The summed E-state index contributed by atoms with van der Waals surface area (Å²) in [6, 6.07) is 10.6. The molecular formula is C22H29NO3. The molecule has 0 unspecified atom stereocenters. The van der Waals surface area contributed by atoms with Crippen molar-refractivity contribution in [3.63, 3.8) is 0 Å². The van der Waals surface area contributed by atoms with Gasteiger partial charge in [0, 0.05) is 12.6 Å². The standard InChI is InChI=1S/C22H29NO3/c1-24-20-14-22(26-3)21(25-2)13-17(20)11-12-23-15-18-9-6-8-16-7-4-5-10-19(16)18/h6,8-9,13-14,23H,4-5,7,10-12,15H2,1-3H3. The Kier molecular flexibility index (Phi) is 6.40. The van der Waals surface area contributed by atoms with Crippen molar-refractivity contribution >= 4 is 0 Å². The Morgan fingerprint density at radius 3 is 2.35 bits per heavy atom. The van der Waals surface area contributed by atoms with Crippen molar-refractivity contribution in [1.29, 1.82) is 0 Å². The summed E-state index contributed by atoms with van der Waals surface area (Å²) in [5.74, 6) is 2.26. The lowest BCUT2D eigenvalue weighted by molar-refractivity contribution is 0.347. The molecule has 140 valence electrons. The van der Waals surface area contributed by atoms with E-state index in [4.69, 9.17) is 14.2 Å². The summed E-state index contributed by atoms with van der Waals surface area (Å²) in [4.78, 5) is 0. The summed E-state index contributed by atoms with van der Waals surface area (Å²) >= 11 is 0. The second-order valence-electron chi connectivity index (χ2n) is 6.71. The lowest BCUT2D eigenvalue weighted by atomic mass is 9.88. The second kappa shape index (κ2) is 8.95. The molecule has 0 saturated carbocycles. The Morgan fingerprint density at radius 2 is 1.58 bits per heavy atom. The second-order valence-corrected chi connectivity index (χ2v) is 6.71. The Hall–Kier alpha value is -2.20. The molecule has 4 heteroatoms. The van der Waals surface area contributed by atoms with Crippen LogP contribution in [0.5, 0.6) is 17.2 Å². The van der Waals surface area contributed by atoms with E-state index in [0.29, 0.717) is 5.75 Å². The molecule has 26 heavy (non-hydrogen) atoms. The molecule has 0 radical (unpaired) electrons. The van der Waals surface area contributed by atoms with E-state index in [1.807, 2.05) is 12.1 Å². The Labute approximate surface area is 156 Å². The van der Waals surface area contributed by atoms with E-state index in [1.165, 1.54) is 36.8 Å². The summed E-state index contributed by atoms with van der Waals surface area (Å²) in [5.41, 5.74) is 5.67. The van der Waals surface area contributed by atoms with E-state index in [9.17, 15) is 0 Å². The zero-order valence-electron chi connectivity index (χ0n) is 16.1. The van der Waals surface area contributed by atoms with Crippen molar-refractivity contribution in [3.8, 4) is 17.2 Å². The van der Waals surface area contributed by atoms with Crippen molar-refractivity contribution in [3.05, 3.63) is 52.6 Å². The Morgan fingerprint density at radius 1 is 0.846 bits per heavy atom. The van der Waals surface area contributed by atoms with Gasteiger partial charge in [-0.2, -0.15) is 0 Å². The normalized spacial score (nSPS) is 13.2. The molecule has 0 spiro atoms. The molecule has 4 nitrogen and oxygen atoms in total. The first-order valence-corrected chi connectivity index (χ1v) is 9.36. The molecule has 1 aliphatic rings. The molecule has 1 aliphatic carbocycles. The Bertz CT molecular complexity index is 742. The van der Waals surface area contributed by atoms with Gasteiger partial charge >= 0.3 is 0 Å². The molecule has 0 bridgehead atoms. The van der Waals surface area contributed by atoms with Gasteiger partial charge in [0.05, 0.1) is 21.3 Å². The minimum Gasteiger partial charge on any atom is -0.496 e. The molecule has 0 saturated heterocycles. The molecule has 0 fully saturated rings. The summed E-state index contributed by atoms with van der Waals surface area (Å²) in [5, 5.41) is 3.59. The van der Waals surface area contributed by atoms with Crippen LogP contribution in [0.2, 0.25) is 0 Å². The van der Waals surface area contributed by atoms with Crippen LogP contribution in [0.4, 0.5) is 0 Å². The predicted molar refractivity (Wildman–Crippen MR) is 105 cm³/mol.